The molecule has 0 spiro atoms. The van der Waals surface area contributed by atoms with Crippen LogP contribution in [0.3, 0.4) is 0 Å². The maximum Gasteiger partial charge on any atom is 0.323 e. The van der Waals surface area contributed by atoms with Crippen LogP contribution in [0.2, 0.25) is 0 Å². The lowest BCUT2D eigenvalue weighted by atomic mass is 9.98. The van der Waals surface area contributed by atoms with E-state index in [-0.39, 0.29) is 6.03 Å². The molecule has 2 N–H and O–H groups in total. The van der Waals surface area contributed by atoms with Gasteiger partial charge in [0.15, 0.2) is 5.82 Å². The van der Waals surface area contributed by atoms with Crippen LogP contribution in [0.1, 0.15) is 26.2 Å². The number of carbonyl (C=O) groups excluding carboxylic acids is 1. The summed E-state index contributed by atoms with van der Waals surface area (Å²) in [7, 11) is 1.64. The van der Waals surface area contributed by atoms with Crippen LogP contribution >= 0.6 is 0 Å². The number of carbonyl (C=O) groups is 1. The smallest absolute Gasteiger partial charge is 0.323 e. The van der Waals surface area contributed by atoms with Crippen molar-refractivity contribution >= 4 is 11.8 Å². The molecule has 0 bridgehead atoms. The van der Waals surface area contributed by atoms with Gasteiger partial charge in [-0.25, -0.2) is 4.79 Å². The van der Waals surface area contributed by atoms with Gasteiger partial charge in [-0.1, -0.05) is 0 Å². The zero-order valence-corrected chi connectivity index (χ0v) is 12.7. The highest BCUT2D eigenvalue weighted by Gasteiger charge is 2.27. The quantitative estimate of drug-likeness (QED) is 0.877. The minimum Gasteiger partial charge on any atom is -0.390 e. The van der Waals surface area contributed by atoms with E-state index >= 15 is 0 Å². The molecule has 1 unspecified atom stereocenters. The van der Waals surface area contributed by atoms with Crippen LogP contribution in [0.4, 0.5) is 10.6 Å². The number of nitrogens with zero attached hydrogens (tertiary/aromatic N) is 3. The largest absolute Gasteiger partial charge is 0.390 e. The minimum atomic E-state index is -0.670. The molecule has 0 saturated carbocycles. The van der Waals surface area contributed by atoms with Crippen LogP contribution in [-0.4, -0.2) is 58.2 Å². The van der Waals surface area contributed by atoms with E-state index in [1.807, 2.05) is 13.1 Å². The molecule has 21 heavy (non-hydrogen) atoms. The van der Waals surface area contributed by atoms with Gasteiger partial charge in [-0.15, -0.1) is 0 Å². The van der Waals surface area contributed by atoms with Crippen molar-refractivity contribution in [3.63, 3.8) is 0 Å². The number of likely N-dealkylation sites (tertiary alicyclic amines) is 1. The maximum atomic E-state index is 12.2. The fraction of sp³-hybridized carbons (Fsp3) is 0.714. The number of anilines is 1. The zero-order valence-electron chi connectivity index (χ0n) is 12.7. The van der Waals surface area contributed by atoms with Crippen molar-refractivity contribution in [2.75, 3.05) is 32.1 Å². The Hall–Kier alpha value is -1.60. The average molecular weight is 296 g/mol. The third-order valence-electron chi connectivity index (χ3n) is 3.75. The molecule has 1 aromatic rings. The van der Waals surface area contributed by atoms with Crippen LogP contribution in [0, 0.1) is 0 Å². The standard InChI is InChI=1S/C14H24N4O3/c1-14(20)5-3-7-17(9-6-14)13(19)15-12-4-8-18(16-12)10-11-21-2/h4,8,20H,3,5-7,9-11H2,1-2H3,(H,15,16,19). The molecule has 118 valence electrons. The highest BCUT2D eigenvalue weighted by Crippen LogP contribution is 2.21. The molecule has 7 heteroatoms. The first kappa shape index (κ1) is 15.8. The van der Waals surface area contributed by atoms with Crippen molar-refractivity contribution in [2.24, 2.45) is 0 Å². The Balaban J connectivity index is 1.87. The van der Waals surface area contributed by atoms with Crippen molar-refractivity contribution in [1.29, 1.82) is 0 Å². The Morgan fingerprint density at radius 2 is 2.33 bits per heavy atom. The molecule has 1 fully saturated rings. The zero-order chi connectivity index (χ0) is 15.3. The average Bonchev–Trinajstić information content (AvgIpc) is 2.78. The van der Waals surface area contributed by atoms with Crippen molar-refractivity contribution in [3.8, 4) is 0 Å². The van der Waals surface area contributed by atoms with Gasteiger partial charge in [-0.05, 0) is 26.2 Å². The lowest BCUT2D eigenvalue weighted by Gasteiger charge is -2.22. The summed E-state index contributed by atoms with van der Waals surface area (Å²) in [5.41, 5.74) is -0.670. The number of rotatable bonds is 4. The second kappa shape index (κ2) is 6.91. The number of aliphatic hydroxyl groups is 1. The van der Waals surface area contributed by atoms with Gasteiger partial charge in [0.1, 0.15) is 0 Å². The Kier molecular flexibility index (Phi) is 5.19. The van der Waals surface area contributed by atoms with Crippen LogP contribution < -0.4 is 5.32 Å². The predicted octanol–water partition coefficient (Wildman–Crippen LogP) is 1.30. The van der Waals surface area contributed by atoms with Crippen LogP contribution in [0.5, 0.6) is 0 Å². The minimum absolute atomic E-state index is 0.162. The molecule has 1 aliphatic heterocycles. The number of hydrogen-bond donors (Lipinski definition) is 2. The maximum absolute atomic E-state index is 12.2. The fourth-order valence-corrected chi connectivity index (χ4v) is 2.39. The van der Waals surface area contributed by atoms with E-state index in [1.54, 1.807) is 22.8 Å². The number of ether oxygens (including phenoxy) is 1. The van der Waals surface area contributed by atoms with E-state index in [0.717, 1.165) is 12.8 Å². The number of urea groups is 1. The van der Waals surface area contributed by atoms with Gasteiger partial charge in [0, 0.05) is 32.5 Å². The van der Waals surface area contributed by atoms with Crippen molar-refractivity contribution in [1.82, 2.24) is 14.7 Å². The lowest BCUT2D eigenvalue weighted by Crippen LogP contribution is -2.36. The molecule has 1 aliphatic rings. The summed E-state index contributed by atoms with van der Waals surface area (Å²) >= 11 is 0. The lowest BCUT2D eigenvalue weighted by molar-refractivity contribution is 0.0458. The molecule has 1 saturated heterocycles. The summed E-state index contributed by atoms with van der Waals surface area (Å²) in [5.74, 6) is 0.534. The highest BCUT2D eigenvalue weighted by atomic mass is 16.5. The number of methoxy groups -OCH3 is 1. The Bertz CT molecular complexity index is 473. The van der Waals surface area contributed by atoms with Gasteiger partial charge in [-0.3, -0.25) is 10.00 Å². The van der Waals surface area contributed by atoms with Gasteiger partial charge in [0.2, 0.25) is 0 Å². The number of nitrogens with one attached hydrogen (secondary N) is 1. The van der Waals surface area contributed by atoms with Gasteiger partial charge >= 0.3 is 6.03 Å². The van der Waals surface area contributed by atoms with E-state index in [1.165, 1.54) is 0 Å². The Labute approximate surface area is 124 Å². The van der Waals surface area contributed by atoms with Crippen molar-refractivity contribution in [2.45, 2.75) is 38.3 Å². The fourth-order valence-electron chi connectivity index (χ4n) is 2.39. The summed E-state index contributed by atoms with van der Waals surface area (Å²) in [4.78, 5) is 13.9. The highest BCUT2D eigenvalue weighted by molar-refractivity contribution is 5.88. The van der Waals surface area contributed by atoms with E-state index in [4.69, 9.17) is 4.74 Å². The van der Waals surface area contributed by atoms with E-state index in [2.05, 4.69) is 10.4 Å². The first-order valence-electron chi connectivity index (χ1n) is 7.31. The summed E-state index contributed by atoms with van der Waals surface area (Å²) in [6, 6.07) is 1.60. The monoisotopic (exact) mass is 296 g/mol. The summed E-state index contributed by atoms with van der Waals surface area (Å²) in [6.07, 6.45) is 3.94. The van der Waals surface area contributed by atoms with E-state index in [9.17, 15) is 9.90 Å². The Morgan fingerprint density at radius 1 is 1.52 bits per heavy atom. The predicted molar refractivity (Wildman–Crippen MR) is 79.2 cm³/mol. The van der Waals surface area contributed by atoms with Crippen LogP contribution in [0.15, 0.2) is 12.3 Å². The molecule has 0 aromatic carbocycles. The summed E-state index contributed by atoms with van der Waals surface area (Å²) in [5, 5.41) is 17.1. The summed E-state index contributed by atoms with van der Waals surface area (Å²) < 4.78 is 6.71. The molecule has 1 aromatic heterocycles. The first-order valence-corrected chi connectivity index (χ1v) is 7.31. The van der Waals surface area contributed by atoms with Gasteiger partial charge in [0.05, 0.1) is 18.8 Å². The molecule has 0 radical (unpaired) electrons. The molecule has 2 rings (SSSR count). The second-order valence-corrected chi connectivity index (χ2v) is 5.72. The van der Waals surface area contributed by atoms with Crippen LogP contribution in [-0.2, 0) is 11.3 Å². The molecule has 7 nitrogen and oxygen atoms in total. The number of aromatic nitrogens is 2. The third-order valence-corrected chi connectivity index (χ3v) is 3.75. The van der Waals surface area contributed by atoms with Crippen LogP contribution in [0.25, 0.3) is 0 Å². The SMILES string of the molecule is COCCn1ccc(NC(=O)N2CCCC(C)(O)CC2)n1. The summed E-state index contributed by atoms with van der Waals surface area (Å²) in [6.45, 7) is 4.27. The van der Waals surface area contributed by atoms with Crippen molar-refractivity contribution < 1.29 is 14.6 Å². The molecule has 2 heterocycles. The Morgan fingerprint density at radius 3 is 3.10 bits per heavy atom. The first-order chi connectivity index (χ1) is 10.00. The van der Waals surface area contributed by atoms with Crippen molar-refractivity contribution in [3.05, 3.63) is 12.3 Å². The van der Waals surface area contributed by atoms with Gasteiger partial charge in [-0.2, -0.15) is 5.10 Å². The second-order valence-electron chi connectivity index (χ2n) is 5.72. The van der Waals surface area contributed by atoms with E-state index in [0.29, 0.717) is 38.5 Å². The molecular weight excluding hydrogens is 272 g/mol. The van der Waals surface area contributed by atoms with Gasteiger partial charge in [0.25, 0.3) is 0 Å². The van der Waals surface area contributed by atoms with Gasteiger partial charge < -0.3 is 14.7 Å². The number of amides is 2. The molecule has 2 amide bonds. The third kappa shape index (κ3) is 4.71. The molecular formula is C14H24N4O3. The molecule has 0 aliphatic carbocycles. The normalized spacial score (nSPS) is 22.9. The number of hydrogen-bond acceptors (Lipinski definition) is 4. The topological polar surface area (TPSA) is 79.6 Å². The molecule has 1 atom stereocenters. The van der Waals surface area contributed by atoms with E-state index < -0.39 is 5.60 Å².